The second kappa shape index (κ2) is 8.49. The highest BCUT2D eigenvalue weighted by Crippen LogP contribution is 2.26. The smallest absolute Gasteiger partial charge is 0.406 e. The van der Waals surface area contributed by atoms with Crippen LogP contribution in [0.5, 0.6) is 5.75 Å². The molecule has 0 bridgehead atoms. The van der Waals surface area contributed by atoms with Crippen molar-refractivity contribution in [1.82, 2.24) is 4.98 Å². The van der Waals surface area contributed by atoms with Crippen LogP contribution in [0.1, 0.15) is 5.69 Å². The van der Waals surface area contributed by atoms with Gasteiger partial charge in [0.25, 0.3) is 0 Å². The third-order valence-electron chi connectivity index (χ3n) is 3.34. The molecular formula is C18H13ClF3N3O2S. The number of thiazole rings is 1. The first-order valence-electron chi connectivity index (χ1n) is 7.89. The summed E-state index contributed by atoms with van der Waals surface area (Å²) >= 11 is 7.15. The maximum absolute atomic E-state index is 12.2. The highest BCUT2D eigenvalue weighted by Gasteiger charge is 2.30. The summed E-state index contributed by atoms with van der Waals surface area (Å²) in [5.74, 6) is -0.552. The minimum absolute atomic E-state index is 0.0725. The summed E-state index contributed by atoms with van der Waals surface area (Å²) in [6.45, 7) is 0. The number of nitrogens with zero attached hydrogens (tertiary/aromatic N) is 1. The summed E-state index contributed by atoms with van der Waals surface area (Å²) in [6.07, 6.45) is -4.66. The molecule has 0 atom stereocenters. The van der Waals surface area contributed by atoms with Gasteiger partial charge in [0.15, 0.2) is 5.13 Å². The SMILES string of the molecule is O=C(Cc1csc(Nc2ccc(OC(F)(F)F)cc2)n1)Nc1cccc(Cl)c1. The minimum atomic E-state index is -4.73. The van der Waals surface area contributed by atoms with Crippen molar-refractivity contribution in [3.8, 4) is 5.75 Å². The number of hydrogen-bond donors (Lipinski definition) is 2. The minimum Gasteiger partial charge on any atom is -0.406 e. The molecule has 28 heavy (non-hydrogen) atoms. The number of amides is 1. The third kappa shape index (κ3) is 6.14. The van der Waals surface area contributed by atoms with Gasteiger partial charge in [-0.25, -0.2) is 4.98 Å². The predicted molar refractivity (Wildman–Crippen MR) is 102 cm³/mol. The van der Waals surface area contributed by atoms with Crippen LogP contribution in [0, 0.1) is 0 Å². The Kier molecular flexibility index (Phi) is 6.05. The van der Waals surface area contributed by atoms with Crippen molar-refractivity contribution in [2.75, 3.05) is 10.6 Å². The Hall–Kier alpha value is -2.78. The van der Waals surface area contributed by atoms with E-state index in [1.807, 2.05) is 0 Å². The van der Waals surface area contributed by atoms with Gasteiger partial charge in [0.1, 0.15) is 5.75 Å². The number of alkyl halides is 3. The van der Waals surface area contributed by atoms with E-state index in [4.69, 9.17) is 11.6 Å². The lowest BCUT2D eigenvalue weighted by atomic mass is 10.3. The number of aromatic nitrogens is 1. The molecule has 0 saturated heterocycles. The summed E-state index contributed by atoms with van der Waals surface area (Å²) in [4.78, 5) is 16.4. The summed E-state index contributed by atoms with van der Waals surface area (Å²) in [7, 11) is 0. The molecule has 146 valence electrons. The molecule has 3 aromatic rings. The summed E-state index contributed by atoms with van der Waals surface area (Å²) < 4.78 is 40.3. The summed E-state index contributed by atoms with van der Waals surface area (Å²) in [5, 5.41) is 8.45. The summed E-state index contributed by atoms with van der Waals surface area (Å²) in [5.41, 5.74) is 1.69. The van der Waals surface area contributed by atoms with Crippen molar-refractivity contribution >= 4 is 45.4 Å². The van der Waals surface area contributed by atoms with Crippen molar-refractivity contribution in [2.24, 2.45) is 0 Å². The zero-order valence-electron chi connectivity index (χ0n) is 14.1. The van der Waals surface area contributed by atoms with Gasteiger partial charge in [0.2, 0.25) is 5.91 Å². The van der Waals surface area contributed by atoms with Gasteiger partial charge in [-0.05, 0) is 42.5 Å². The average molecular weight is 428 g/mol. The number of rotatable bonds is 6. The highest BCUT2D eigenvalue weighted by atomic mass is 35.5. The Labute approximate surface area is 167 Å². The molecule has 2 N–H and O–H groups in total. The quantitative estimate of drug-likeness (QED) is 0.536. The van der Waals surface area contributed by atoms with Gasteiger partial charge in [-0.2, -0.15) is 0 Å². The number of carbonyl (C=O) groups is 1. The van der Waals surface area contributed by atoms with Gasteiger partial charge in [-0.3, -0.25) is 4.79 Å². The maximum Gasteiger partial charge on any atom is 0.573 e. The van der Waals surface area contributed by atoms with Crippen LogP contribution in [0.25, 0.3) is 0 Å². The topological polar surface area (TPSA) is 63.2 Å². The monoisotopic (exact) mass is 427 g/mol. The Balaban J connectivity index is 1.56. The van der Waals surface area contributed by atoms with Crippen LogP contribution in [-0.4, -0.2) is 17.3 Å². The number of halogens is 4. The highest BCUT2D eigenvalue weighted by molar-refractivity contribution is 7.13. The fourth-order valence-corrected chi connectivity index (χ4v) is 3.17. The maximum atomic E-state index is 12.2. The normalized spacial score (nSPS) is 11.1. The third-order valence-corrected chi connectivity index (χ3v) is 4.38. The number of hydrogen-bond acceptors (Lipinski definition) is 5. The van der Waals surface area contributed by atoms with Gasteiger partial charge in [0, 0.05) is 21.8 Å². The second-order valence-electron chi connectivity index (χ2n) is 5.58. The zero-order chi connectivity index (χ0) is 20.1. The van der Waals surface area contributed by atoms with E-state index in [0.29, 0.717) is 27.2 Å². The molecule has 0 radical (unpaired) electrons. The van der Waals surface area contributed by atoms with Crippen LogP contribution in [0.3, 0.4) is 0 Å². The van der Waals surface area contributed by atoms with Crippen LogP contribution in [0.4, 0.5) is 29.7 Å². The molecule has 10 heteroatoms. The van der Waals surface area contributed by atoms with Crippen molar-refractivity contribution in [2.45, 2.75) is 12.8 Å². The molecule has 0 aliphatic rings. The van der Waals surface area contributed by atoms with Gasteiger partial charge in [-0.1, -0.05) is 17.7 Å². The zero-order valence-corrected chi connectivity index (χ0v) is 15.7. The lowest BCUT2D eigenvalue weighted by Gasteiger charge is -2.09. The Morgan fingerprint density at radius 3 is 2.57 bits per heavy atom. The first-order chi connectivity index (χ1) is 13.3. The van der Waals surface area contributed by atoms with Gasteiger partial charge in [-0.15, -0.1) is 24.5 Å². The van der Waals surface area contributed by atoms with Crippen molar-refractivity contribution in [3.63, 3.8) is 0 Å². The standard InChI is InChI=1S/C18H13ClF3N3O2S/c19-11-2-1-3-13(8-11)23-16(26)9-14-10-28-17(25-14)24-12-4-6-15(7-5-12)27-18(20,21)22/h1-8,10H,9H2,(H,23,26)(H,24,25). The Bertz CT molecular complexity index is 961. The second-order valence-corrected chi connectivity index (χ2v) is 6.87. The molecule has 3 rings (SSSR count). The van der Waals surface area contributed by atoms with E-state index in [-0.39, 0.29) is 18.1 Å². The van der Waals surface area contributed by atoms with Gasteiger partial charge in [0.05, 0.1) is 12.1 Å². The molecule has 0 fully saturated rings. The van der Waals surface area contributed by atoms with Crippen LogP contribution >= 0.6 is 22.9 Å². The fourth-order valence-electron chi connectivity index (χ4n) is 2.24. The number of ether oxygens (including phenoxy) is 1. The average Bonchev–Trinajstić information content (AvgIpc) is 3.02. The molecule has 0 unspecified atom stereocenters. The predicted octanol–water partition coefficient (Wildman–Crippen LogP) is 5.62. The molecule has 1 aromatic heterocycles. The van der Waals surface area contributed by atoms with Crippen LogP contribution in [0.15, 0.2) is 53.9 Å². The molecule has 1 heterocycles. The molecule has 0 saturated carbocycles. The lowest BCUT2D eigenvalue weighted by Crippen LogP contribution is -2.16. The molecule has 2 aromatic carbocycles. The first-order valence-corrected chi connectivity index (χ1v) is 9.15. The fraction of sp³-hybridized carbons (Fsp3) is 0.111. The van der Waals surface area contributed by atoms with E-state index in [1.165, 1.54) is 35.6 Å². The number of carbonyl (C=O) groups excluding carboxylic acids is 1. The van der Waals surface area contributed by atoms with Gasteiger partial charge < -0.3 is 15.4 Å². The summed E-state index contributed by atoms with van der Waals surface area (Å²) in [6, 6.07) is 12.1. The largest absolute Gasteiger partial charge is 0.573 e. The molecule has 0 aliphatic heterocycles. The molecular weight excluding hydrogens is 415 g/mol. The van der Waals surface area contributed by atoms with E-state index in [2.05, 4.69) is 20.4 Å². The van der Waals surface area contributed by atoms with E-state index in [0.717, 1.165) is 0 Å². The molecule has 0 spiro atoms. The molecule has 5 nitrogen and oxygen atoms in total. The Morgan fingerprint density at radius 1 is 1.14 bits per heavy atom. The molecule has 0 aliphatic carbocycles. The number of anilines is 3. The van der Waals surface area contributed by atoms with Crippen LogP contribution in [0.2, 0.25) is 5.02 Å². The van der Waals surface area contributed by atoms with Crippen LogP contribution in [-0.2, 0) is 11.2 Å². The lowest BCUT2D eigenvalue weighted by molar-refractivity contribution is -0.274. The Morgan fingerprint density at radius 2 is 1.89 bits per heavy atom. The van der Waals surface area contributed by atoms with E-state index in [1.54, 1.807) is 29.6 Å². The first kappa shape index (κ1) is 20.0. The van der Waals surface area contributed by atoms with E-state index in [9.17, 15) is 18.0 Å². The van der Waals surface area contributed by atoms with E-state index < -0.39 is 6.36 Å². The van der Waals surface area contributed by atoms with Crippen molar-refractivity contribution in [1.29, 1.82) is 0 Å². The number of benzene rings is 2. The van der Waals surface area contributed by atoms with Crippen molar-refractivity contribution in [3.05, 3.63) is 64.6 Å². The van der Waals surface area contributed by atoms with Gasteiger partial charge >= 0.3 is 6.36 Å². The molecule has 1 amide bonds. The number of nitrogens with one attached hydrogen (secondary N) is 2. The van der Waals surface area contributed by atoms with E-state index >= 15 is 0 Å². The van der Waals surface area contributed by atoms with Crippen LogP contribution < -0.4 is 15.4 Å². The van der Waals surface area contributed by atoms with Crippen molar-refractivity contribution < 1.29 is 22.7 Å².